The van der Waals surface area contributed by atoms with E-state index in [1.807, 2.05) is 18.2 Å². The van der Waals surface area contributed by atoms with Crippen molar-refractivity contribution in [1.82, 2.24) is 5.32 Å². The monoisotopic (exact) mass is 439 g/mol. The Bertz CT molecular complexity index is 912. The third-order valence-electron chi connectivity index (χ3n) is 4.74. The number of ether oxygens (including phenoxy) is 2. The molecule has 0 aliphatic heterocycles. The van der Waals surface area contributed by atoms with E-state index in [1.54, 1.807) is 7.11 Å². The summed E-state index contributed by atoms with van der Waals surface area (Å²) in [7, 11) is 1.67. The van der Waals surface area contributed by atoms with Gasteiger partial charge in [0.1, 0.15) is 6.61 Å². The van der Waals surface area contributed by atoms with Crippen molar-refractivity contribution in [3.63, 3.8) is 0 Å². The number of hydrogen-bond donors (Lipinski definition) is 1. The molecule has 0 radical (unpaired) electrons. The van der Waals surface area contributed by atoms with Crippen LogP contribution in [0.4, 0.5) is 0 Å². The maximum Gasteiger partial charge on any atom is 0.167 e. The van der Waals surface area contributed by atoms with Crippen LogP contribution in [0, 0.1) is 6.92 Å². The van der Waals surface area contributed by atoms with Crippen molar-refractivity contribution < 1.29 is 9.47 Å². The number of halogens is 1. The van der Waals surface area contributed by atoms with Gasteiger partial charge in [-0.05, 0) is 37.1 Å². The summed E-state index contributed by atoms with van der Waals surface area (Å²) in [6.07, 6.45) is 0. The van der Waals surface area contributed by atoms with Crippen LogP contribution in [0.25, 0.3) is 0 Å². The number of hydrogen-bond acceptors (Lipinski definition) is 3. The van der Waals surface area contributed by atoms with E-state index in [9.17, 15) is 0 Å². The Kier molecular flexibility index (Phi) is 7.12. The van der Waals surface area contributed by atoms with Gasteiger partial charge in [0.25, 0.3) is 0 Å². The number of aryl methyl sites for hydroxylation is 1. The van der Waals surface area contributed by atoms with E-state index in [0.29, 0.717) is 13.2 Å². The first-order chi connectivity index (χ1) is 13.6. The maximum atomic E-state index is 6.22. The van der Waals surface area contributed by atoms with Crippen LogP contribution >= 0.6 is 15.9 Å². The molecule has 0 aromatic heterocycles. The first kappa shape index (κ1) is 20.4. The number of benzene rings is 3. The average Bonchev–Trinajstić information content (AvgIpc) is 2.72. The normalized spacial score (nSPS) is 11.9. The van der Waals surface area contributed by atoms with E-state index in [2.05, 4.69) is 83.6 Å². The van der Waals surface area contributed by atoms with Gasteiger partial charge in [0, 0.05) is 22.6 Å². The molecule has 3 aromatic carbocycles. The minimum atomic E-state index is 0.226. The Morgan fingerprint density at radius 3 is 2.50 bits per heavy atom. The zero-order valence-electron chi connectivity index (χ0n) is 16.5. The predicted molar refractivity (Wildman–Crippen MR) is 118 cm³/mol. The van der Waals surface area contributed by atoms with E-state index < -0.39 is 0 Å². The van der Waals surface area contributed by atoms with Crippen molar-refractivity contribution in [3.8, 4) is 11.5 Å². The van der Waals surface area contributed by atoms with Crippen LogP contribution in [0.3, 0.4) is 0 Å². The molecule has 3 nitrogen and oxygen atoms in total. The molecule has 0 saturated heterocycles. The molecule has 0 aliphatic carbocycles. The van der Waals surface area contributed by atoms with Crippen molar-refractivity contribution in [2.45, 2.75) is 33.0 Å². The molecule has 0 bridgehead atoms. The van der Waals surface area contributed by atoms with E-state index in [0.717, 1.165) is 27.1 Å². The summed E-state index contributed by atoms with van der Waals surface area (Å²) < 4.78 is 12.8. The standard InChI is InChI=1S/C24H26BrNO2/c1-17-8-7-9-19(14-17)16-28-24-21(22(25)12-13-23(24)27-3)15-26-18(2)20-10-5-4-6-11-20/h4-14,18,26H,15-16H2,1-3H3. The third-order valence-corrected chi connectivity index (χ3v) is 5.48. The maximum absolute atomic E-state index is 6.22. The first-order valence-electron chi connectivity index (χ1n) is 9.40. The highest BCUT2D eigenvalue weighted by Gasteiger charge is 2.16. The van der Waals surface area contributed by atoms with Crippen LogP contribution in [-0.2, 0) is 13.2 Å². The molecule has 0 amide bonds. The second-order valence-electron chi connectivity index (χ2n) is 6.85. The molecule has 3 rings (SSSR count). The third kappa shape index (κ3) is 5.15. The fourth-order valence-corrected chi connectivity index (χ4v) is 3.59. The lowest BCUT2D eigenvalue weighted by atomic mass is 10.1. The van der Waals surface area contributed by atoms with Crippen LogP contribution in [0.15, 0.2) is 71.2 Å². The number of nitrogens with one attached hydrogen (secondary N) is 1. The Morgan fingerprint density at radius 2 is 1.79 bits per heavy atom. The second kappa shape index (κ2) is 9.76. The van der Waals surface area contributed by atoms with E-state index >= 15 is 0 Å². The van der Waals surface area contributed by atoms with Gasteiger partial charge < -0.3 is 14.8 Å². The van der Waals surface area contributed by atoms with Gasteiger partial charge >= 0.3 is 0 Å². The highest BCUT2D eigenvalue weighted by atomic mass is 79.9. The number of rotatable bonds is 8. The minimum Gasteiger partial charge on any atom is -0.493 e. The lowest BCUT2D eigenvalue weighted by molar-refractivity contribution is 0.280. The molecule has 0 saturated carbocycles. The smallest absolute Gasteiger partial charge is 0.167 e. The Labute approximate surface area is 175 Å². The van der Waals surface area contributed by atoms with Crippen LogP contribution in [-0.4, -0.2) is 7.11 Å². The van der Waals surface area contributed by atoms with Gasteiger partial charge in [0.05, 0.1) is 7.11 Å². The topological polar surface area (TPSA) is 30.5 Å². The molecule has 0 fully saturated rings. The van der Waals surface area contributed by atoms with Gasteiger partial charge in [-0.1, -0.05) is 76.1 Å². The fourth-order valence-electron chi connectivity index (χ4n) is 3.14. The quantitative estimate of drug-likeness (QED) is 0.453. The summed E-state index contributed by atoms with van der Waals surface area (Å²) in [6, 6.07) is 22.9. The van der Waals surface area contributed by atoms with Gasteiger partial charge in [-0.25, -0.2) is 0 Å². The lowest BCUT2D eigenvalue weighted by Crippen LogP contribution is -2.19. The molecule has 0 heterocycles. The predicted octanol–water partition coefficient (Wildman–Crippen LogP) is 6.20. The lowest BCUT2D eigenvalue weighted by Gasteiger charge is -2.20. The average molecular weight is 440 g/mol. The van der Waals surface area contributed by atoms with E-state index in [4.69, 9.17) is 9.47 Å². The Hall–Kier alpha value is -2.30. The highest BCUT2D eigenvalue weighted by molar-refractivity contribution is 9.10. The van der Waals surface area contributed by atoms with Crippen LogP contribution < -0.4 is 14.8 Å². The summed E-state index contributed by atoms with van der Waals surface area (Å²) in [5.74, 6) is 1.51. The van der Waals surface area contributed by atoms with Crippen LogP contribution in [0.1, 0.15) is 35.2 Å². The largest absolute Gasteiger partial charge is 0.493 e. The van der Waals surface area contributed by atoms with Crippen molar-refractivity contribution in [2.24, 2.45) is 0 Å². The van der Waals surface area contributed by atoms with Gasteiger partial charge in [-0.3, -0.25) is 0 Å². The SMILES string of the molecule is COc1ccc(Br)c(CNC(C)c2ccccc2)c1OCc1cccc(C)c1. The summed E-state index contributed by atoms with van der Waals surface area (Å²) in [6.45, 7) is 5.41. The Balaban J connectivity index is 1.79. The van der Waals surface area contributed by atoms with E-state index in [-0.39, 0.29) is 6.04 Å². The van der Waals surface area contributed by atoms with Gasteiger partial charge in [-0.2, -0.15) is 0 Å². The molecule has 28 heavy (non-hydrogen) atoms. The number of methoxy groups -OCH3 is 1. The van der Waals surface area contributed by atoms with Crippen molar-refractivity contribution in [1.29, 1.82) is 0 Å². The van der Waals surface area contributed by atoms with Crippen molar-refractivity contribution in [2.75, 3.05) is 7.11 Å². The zero-order valence-corrected chi connectivity index (χ0v) is 18.1. The second-order valence-corrected chi connectivity index (χ2v) is 7.70. The van der Waals surface area contributed by atoms with Gasteiger partial charge in [0.2, 0.25) is 0 Å². The summed E-state index contributed by atoms with van der Waals surface area (Å²) in [5.41, 5.74) is 4.66. The Morgan fingerprint density at radius 1 is 1.00 bits per heavy atom. The summed E-state index contributed by atoms with van der Waals surface area (Å²) in [5, 5.41) is 3.59. The molecule has 4 heteroatoms. The molecule has 0 aliphatic rings. The fraction of sp³-hybridized carbons (Fsp3) is 0.250. The van der Waals surface area contributed by atoms with Crippen LogP contribution in [0.2, 0.25) is 0 Å². The molecule has 1 atom stereocenters. The molecule has 3 aromatic rings. The molecular formula is C24H26BrNO2. The van der Waals surface area contributed by atoms with Gasteiger partial charge in [0.15, 0.2) is 11.5 Å². The summed E-state index contributed by atoms with van der Waals surface area (Å²) in [4.78, 5) is 0. The molecule has 1 unspecified atom stereocenters. The highest BCUT2D eigenvalue weighted by Crippen LogP contribution is 2.37. The molecule has 0 spiro atoms. The summed E-state index contributed by atoms with van der Waals surface area (Å²) >= 11 is 3.68. The zero-order chi connectivity index (χ0) is 19.9. The van der Waals surface area contributed by atoms with Crippen LogP contribution in [0.5, 0.6) is 11.5 Å². The van der Waals surface area contributed by atoms with Gasteiger partial charge in [-0.15, -0.1) is 0 Å². The molecular weight excluding hydrogens is 414 g/mol. The van der Waals surface area contributed by atoms with Crippen molar-refractivity contribution >= 4 is 15.9 Å². The molecule has 146 valence electrons. The van der Waals surface area contributed by atoms with Crippen molar-refractivity contribution in [3.05, 3.63) is 93.5 Å². The molecule has 1 N–H and O–H groups in total. The first-order valence-corrected chi connectivity index (χ1v) is 10.2. The minimum absolute atomic E-state index is 0.226. The van der Waals surface area contributed by atoms with E-state index in [1.165, 1.54) is 11.1 Å².